The van der Waals surface area contributed by atoms with Crippen molar-refractivity contribution in [3.63, 3.8) is 0 Å². The summed E-state index contributed by atoms with van der Waals surface area (Å²) in [6.45, 7) is 1.95. The molecule has 0 N–H and O–H groups in total. The fraction of sp³-hybridized carbons (Fsp3) is 0.250. The van der Waals surface area contributed by atoms with Crippen LogP contribution in [0.15, 0.2) is 30.5 Å². The molecule has 0 bridgehead atoms. The third-order valence-electron chi connectivity index (χ3n) is 2.52. The molecule has 0 spiro atoms. The fourth-order valence-corrected chi connectivity index (χ4v) is 2.05. The van der Waals surface area contributed by atoms with Gasteiger partial charge < -0.3 is 0 Å². The molecule has 17 heavy (non-hydrogen) atoms. The molecule has 0 atom stereocenters. The maximum atomic E-state index is 13.0. The number of aryl methyl sites for hydroxylation is 1. The second-order valence-electron chi connectivity index (χ2n) is 3.74. The van der Waals surface area contributed by atoms with E-state index in [4.69, 9.17) is 0 Å². The molecular formula is C12H11BrF2N2. The highest BCUT2D eigenvalue weighted by molar-refractivity contribution is 9.08. The predicted octanol–water partition coefficient (Wildman–Crippen LogP) is 4.01. The summed E-state index contributed by atoms with van der Waals surface area (Å²) in [6.07, 6.45) is -1.07. The zero-order valence-corrected chi connectivity index (χ0v) is 10.8. The minimum absolute atomic E-state index is 0.0503. The van der Waals surface area contributed by atoms with E-state index >= 15 is 0 Å². The van der Waals surface area contributed by atoms with Crippen LogP contribution in [0.1, 0.15) is 23.2 Å². The highest BCUT2D eigenvalue weighted by Crippen LogP contribution is 2.27. The lowest BCUT2D eigenvalue weighted by atomic mass is 10.2. The van der Waals surface area contributed by atoms with Crippen molar-refractivity contribution in [3.8, 4) is 5.69 Å². The Hall–Kier alpha value is -1.23. The van der Waals surface area contributed by atoms with E-state index in [2.05, 4.69) is 21.0 Å². The van der Waals surface area contributed by atoms with Crippen LogP contribution < -0.4 is 0 Å². The molecule has 90 valence electrons. The van der Waals surface area contributed by atoms with Gasteiger partial charge in [-0.05, 0) is 19.1 Å². The van der Waals surface area contributed by atoms with Crippen LogP contribution in [0.5, 0.6) is 0 Å². The maximum absolute atomic E-state index is 13.0. The van der Waals surface area contributed by atoms with Crippen molar-refractivity contribution in [1.29, 1.82) is 0 Å². The van der Waals surface area contributed by atoms with Gasteiger partial charge in [-0.2, -0.15) is 5.10 Å². The highest BCUT2D eigenvalue weighted by Gasteiger charge is 2.20. The molecule has 2 nitrogen and oxygen atoms in total. The molecular weight excluding hydrogens is 290 g/mol. The van der Waals surface area contributed by atoms with Gasteiger partial charge in [-0.3, -0.25) is 0 Å². The Labute approximate surface area is 106 Å². The molecule has 0 aliphatic carbocycles. The first-order valence-corrected chi connectivity index (χ1v) is 6.23. The molecule has 1 aromatic heterocycles. The molecule has 0 aliphatic rings. The van der Waals surface area contributed by atoms with Crippen molar-refractivity contribution in [3.05, 3.63) is 47.3 Å². The lowest BCUT2D eigenvalue weighted by molar-refractivity contribution is 0.142. The Balaban J connectivity index is 2.51. The minimum atomic E-state index is -2.54. The number of rotatable bonds is 3. The monoisotopic (exact) mass is 300 g/mol. The summed E-state index contributed by atoms with van der Waals surface area (Å²) in [5, 5.41) is 4.39. The summed E-state index contributed by atoms with van der Waals surface area (Å²) in [4.78, 5) is 0. The van der Waals surface area contributed by atoms with E-state index in [0.717, 1.165) is 5.56 Å². The molecule has 5 heteroatoms. The second-order valence-corrected chi connectivity index (χ2v) is 4.30. The number of aromatic nitrogens is 2. The van der Waals surface area contributed by atoms with Gasteiger partial charge in [0.1, 0.15) is 5.69 Å². The molecule has 0 amide bonds. The van der Waals surface area contributed by atoms with Crippen molar-refractivity contribution >= 4 is 15.9 Å². The van der Waals surface area contributed by atoms with Gasteiger partial charge in [-0.1, -0.05) is 33.6 Å². The van der Waals surface area contributed by atoms with Crippen molar-refractivity contribution in [1.82, 2.24) is 9.78 Å². The van der Waals surface area contributed by atoms with E-state index in [9.17, 15) is 8.78 Å². The maximum Gasteiger partial charge on any atom is 0.280 e. The number of benzene rings is 1. The van der Waals surface area contributed by atoms with E-state index in [0.29, 0.717) is 16.6 Å². The molecule has 0 saturated heterocycles. The van der Waals surface area contributed by atoms with Crippen LogP contribution in [0.4, 0.5) is 8.78 Å². The quantitative estimate of drug-likeness (QED) is 0.783. The van der Waals surface area contributed by atoms with Gasteiger partial charge >= 0.3 is 0 Å². The lowest BCUT2D eigenvalue weighted by Crippen LogP contribution is -2.03. The first-order valence-electron chi connectivity index (χ1n) is 5.11. The minimum Gasteiger partial charge on any atom is -0.232 e. The topological polar surface area (TPSA) is 17.8 Å². The van der Waals surface area contributed by atoms with E-state index in [1.54, 1.807) is 12.1 Å². The molecule has 2 rings (SSSR count). The summed E-state index contributed by atoms with van der Waals surface area (Å²) in [5.41, 5.74) is 2.20. The summed E-state index contributed by atoms with van der Waals surface area (Å²) < 4.78 is 27.3. The SMILES string of the molecule is Cc1ccc(-n2ncc(CBr)c2C(F)F)cc1. The van der Waals surface area contributed by atoms with Gasteiger partial charge in [0.2, 0.25) is 0 Å². The van der Waals surface area contributed by atoms with Crippen LogP contribution >= 0.6 is 15.9 Å². The first-order chi connectivity index (χ1) is 8.13. The van der Waals surface area contributed by atoms with Crippen LogP contribution in [-0.4, -0.2) is 9.78 Å². The molecule has 0 radical (unpaired) electrons. The fourth-order valence-electron chi connectivity index (χ4n) is 1.62. The van der Waals surface area contributed by atoms with Gasteiger partial charge in [0.25, 0.3) is 6.43 Å². The molecule has 0 fully saturated rings. The molecule has 0 unspecified atom stereocenters. The van der Waals surface area contributed by atoms with Crippen molar-refractivity contribution in [2.75, 3.05) is 0 Å². The molecule has 2 aromatic rings. The van der Waals surface area contributed by atoms with Gasteiger partial charge in [-0.25, -0.2) is 13.5 Å². The largest absolute Gasteiger partial charge is 0.280 e. The number of hydrogen-bond acceptors (Lipinski definition) is 1. The van der Waals surface area contributed by atoms with E-state index in [1.807, 2.05) is 19.1 Å². The molecule has 1 aromatic carbocycles. The third kappa shape index (κ3) is 2.39. The van der Waals surface area contributed by atoms with Gasteiger partial charge in [0.05, 0.1) is 11.9 Å². The number of alkyl halides is 3. The van der Waals surface area contributed by atoms with Crippen molar-refractivity contribution in [2.45, 2.75) is 18.7 Å². The zero-order valence-electron chi connectivity index (χ0n) is 9.20. The number of nitrogens with zero attached hydrogens (tertiary/aromatic N) is 2. The lowest BCUT2D eigenvalue weighted by Gasteiger charge is -2.08. The standard InChI is InChI=1S/C12H11BrF2N2/c1-8-2-4-10(5-3-8)17-11(12(14)15)9(6-13)7-16-17/h2-5,7,12H,6H2,1H3. The highest BCUT2D eigenvalue weighted by atomic mass is 79.9. The van der Waals surface area contributed by atoms with Gasteiger partial charge in [0, 0.05) is 10.9 Å². The second kappa shape index (κ2) is 4.96. The summed E-state index contributed by atoms with van der Waals surface area (Å²) >= 11 is 3.19. The molecule has 0 aliphatic heterocycles. The smallest absolute Gasteiger partial charge is 0.232 e. The van der Waals surface area contributed by atoms with Crippen molar-refractivity contribution in [2.24, 2.45) is 0 Å². The Kier molecular flexibility index (Phi) is 3.57. The van der Waals surface area contributed by atoms with E-state index < -0.39 is 6.43 Å². The Morgan fingerprint density at radius 3 is 2.47 bits per heavy atom. The van der Waals surface area contributed by atoms with Gasteiger partial charge in [0.15, 0.2) is 0 Å². The average molecular weight is 301 g/mol. The number of hydrogen-bond donors (Lipinski definition) is 0. The normalized spacial score (nSPS) is 11.1. The Morgan fingerprint density at radius 1 is 1.29 bits per heavy atom. The van der Waals surface area contributed by atoms with Gasteiger partial charge in [-0.15, -0.1) is 0 Å². The summed E-state index contributed by atoms with van der Waals surface area (Å²) in [7, 11) is 0. The number of halogens is 3. The third-order valence-corrected chi connectivity index (χ3v) is 3.12. The van der Waals surface area contributed by atoms with Crippen LogP contribution in [-0.2, 0) is 5.33 Å². The summed E-state index contributed by atoms with van der Waals surface area (Å²) in [6, 6.07) is 7.32. The predicted molar refractivity (Wildman–Crippen MR) is 65.9 cm³/mol. The van der Waals surface area contributed by atoms with Crippen LogP contribution in [0.2, 0.25) is 0 Å². The van der Waals surface area contributed by atoms with Crippen LogP contribution in [0, 0.1) is 6.92 Å². The van der Waals surface area contributed by atoms with Crippen molar-refractivity contribution < 1.29 is 8.78 Å². The Bertz CT molecular complexity index is 506. The van der Waals surface area contributed by atoms with E-state index in [-0.39, 0.29) is 5.69 Å². The molecule has 1 heterocycles. The average Bonchev–Trinajstić information content (AvgIpc) is 2.73. The summed E-state index contributed by atoms with van der Waals surface area (Å²) in [5.74, 6) is 0. The van der Waals surface area contributed by atoms with E-state index in [1.165, 1.54) is 10.9 Å². The first kappa shape index (κ1) is 12.2. The Morgan fingerprint density at radius 2 is 1.94 bits per heavy atom. The van der Waals surface area contributed by atoms with Crippen LogP contribution in [0.3, 0.4) is 0 Å². The van der Waals surface area contributed by atoms with Crippen LogP contribution in [0.25, 0.3) is 5.69 Å². The molecule has 0 saturated carbocycles. The zero-order chi connectivity index (χ0) is 12.4.